The molecule has 1 aromatic rings. The van der Waals surface area contributed by atoms with Gasteiger partial charge in [0.05, 0.1) is 16.0 Å². The molecule has 1 aliphatic rings. The first kappa shape index (κ1) is 14.2. The lowest BCUT2D eigenvalue weighted by Crippen LogP contribution is -2.45. The molecule has 0 radical (unpaired) electrons. The van der Waals surface area contributed by atoms with Gasteiger partial charge in [-0.15, -0.1) is 0 Å². The molecule has 1 aliphatic carbocycles. The molecule has 0 aromatic heterocycles. The van der Waals surface area contributed by atoms with Gasteiger partial charge in [0.2, 0.25) is 0 Å². The molecule has 18 heavy (non-hydrogen) atoms. The van der Waals surface area contributed by atoms with Gasteiger partial charge in [-0.1, -0.05) is 35.8 Å². The zero-order chi connectivity index (χ0) is 13.3. The first-order valence-electron chi connectivity index (χ1n) is 6.31. The number of hydrogen-bond acceptors (Lipinski definition) is 2. The second-order valence-electron chi connectivity index (χ2n) is 5.86. The fourth-order valence-electron chi connectivity index (χ4n) is 2.54. The highest BCUT2D eigenvalue weighted by molar-refractivity contribution is 9.10. The topological polar surface area (TPSA) is 43.1 Å². The summed E-state index contributed by atoms with van der Waals surface area (Å²) in [6.45, 7) is 4.48. The Morgan fingerprint density at radius 2 is 2.17 bits per heavy atom. The molecule has 1 aromatic carbocycles. The predicted molar refractivity (Wildman–Crippen MR) is 79.9 cm³/mol. The Kier molecular flexibility index (Phi) is 4.29. The molecule has 2 rings (SSSR count). The minimum absolute atomic E-state index is 0.0536. The number of benzene rings is 1. The van der Waals surface area contributed by atoms with Gasteiger partial charge >= 0.3 is 0 Å². The van der Waals surface area contributed by atoms with Crippen LogP contribution in [0.4, 0.5) is 0 Å². The van der Waals surface area contributed by atoms with Crippen LogP contribution in [0.2, 0.25) is 0 Å². The monoisotopic (exact) mass is 329 g/mol. The molecule has 4 heteroatoms. The van der Waals surface area contributed by atoms with Crippen molar-refractivity contribution in [1.29, 1.82) is 0 Å². The molecule has 3 atom stereocenters. The molecular formula is C14H20BrNOS. The van der Waals surface area contributed by atoms with Crippen LogP contribution in [-0.4, -0.2) is 15.5 Å². The van der Waals surface area contributed by atoms with E-state index in [-0.39, 0.29) is 16.7 Å². The summed E-state index contributed by atoms with van der Waals surface area (Å²) in [4.78, 5) is 0.877. The summed E-state index contributed by atoms with van der Waals surface area (Å²) in [5.74, 6) is 0. The van der Waals surface area contributed by atoms with Crippen molar-refractivity contribution in [2.24, 2.45) is 11.1 Å². The summed E-state index contributed by atoms with van der Waals surface area (Å²) in [5.41, 5.74) is 6.42. The maximum atomic E-state index is 12.7. The Morgan fingerprint density at radius 1 is 1.44 bits per heavy atom. The van der Waals surface area contributed by atoms with Crippen LogP contribution in [0.15, 0.2) is 33.6 Å². The van der Waals surface area contributed by atoms with Gasteiger partial charge in [0.25, 0.3) is 0 Å². The van der Waals surface area contributed by atoms with Crippen molar-refractivity contribution in [3.63, 3.8) is 0 Å². The lowest BCUT2D eigenvalue weighted by atomic mass is 9.75. The van der Waals surface area contributed by atoms with Crippen LogP contribution in [0.5, 0.6) is 0 Å². The predicted octanol–water partition coefficient (Wildman–Crippen LogP) is 3.46. The van der Waals surface area contributed by atoms with Crippen LogP contribution in [-0.2, 0) is 10.8 Å². The van der Waals surface area contributed by atoms with Gasteiger partial charge in [0, 0.05) is 15.4 Å². The van der Waals surface area contributed by atoms with Gasteiger partial charge in [-0.2, -0.15) is 0 Å². The average Bonchev–Trinajstić information content (AvgIpc) is 2.31. The summed E-state index contributed by atoms with van der Waals surface area (Å²) in [6, 6.07) is 7.79. The number of halogens is 1. The van der Waals surface area contributed by atoms with Crippen molar-refractivity contribution >= 4 is 26.7 Å². The molecule has 0 aliphatic heterocycles. The molecule has 100 valence electrons. The van der Waals surface area contributed by atoms with Gasteiger partial charge in [-0.3, -0.25) is 4.21 Å². The van der Waals surface area contributed by atoms with Crippen LogP contribution < -0.4 is 5.73 Å². The largest absolute Gasteiger partial charge is 0.327 e. The van der Waals surface area contributed by atoms with Crippen molar-refractivity contribution in [3.05, 3.63) is 28.7 Å². The zero-order valence-corrected chi connectivity index (χ0v) is 13.3. The summed E-state index contributed by atoms with van der Waals surface area (Å²) in [6.07, 6.45) is 3.03. The SMILES string of the molecule is CC1(C)CCC(N)C(S(=O)c2cccc(Br)c2)C1. The Balaban J connectivity index is 2.22. The molecule has 0 heterocycles. The second kappa shape index (κ2) is 5.43. The molecule has 2 nitrogen and oxygen atoms in total. The maximum Gasteiger partial charge on any atom is 0.0577 e. The van der Waals surface area contributed by atoms with Crippen molar-refractivity contribution in [3.8, 4) is 0 Å². The highest BCUT2D eigenvalue weighted by Gasteiger charge is 2.36. The van der Waals surface area contributed by atoms with Gasteiger partial charge in [-0.25, -0.2) is 0 Å². The highest BCUT2D eigenvalue weighted by atomic mass is 79.9. The van der Waals surface area contributed by atoms with E-state index in [0.717, 1.165) is 28.6 Å². The maximum absolute atomic E-state index is 12.7. The third-order valence-corrected chi connectivity index (χ3v) is 5.97. The van der Waals surface area contributed by atoms with E-state index in [9.17, 15) is 4.21 Å². The fraction of sp³-hybridized carbons (Fsp3) is 0.571. The van der Waals surface area contributed by atoms with E-state index in [4.69, 9.17) is 5.73 Å². The minimum Gasteiger partial charge on any atom is -0.327 e. The van der Waals surface area contributed by atoms with E-state index in [1.54, 1.807) is 0 Å². The van der Waals surface area contributed by atoms with Crippen LogP contribution in [0.3, 0.4) is 0 Å². The standard InChI is InChI=1S/C14H20BrNOS/c1-14(2)7-6-12(16)13(9-14)18(17)11-5-3-4-10(15)8-11/h3-5,8,12-13H,6-7,9,16H2,1-2H3. The second-order valence-corrected chi connectivity index (χ2v) is 8.45. The van der Waals surface area contributed by atoms with Crippen molar-refractivity contribution in [1.82, 2.24) is 0 Å². The Morgan fingerprint density at radius 3 is 2.83 bits per heavy atom. The first-order chi connectivity index (χ1) is 8.39. The number of nitrogens with two attached hydrogens (primary N) is 1. The molecule has 1 saturated carbocycles. The molecule has 0 spiro atoms. The quantitative estimate of drug-likeness (QED) is 0.902. The molecule has 3 unspecified atom stereocenters. The summed E-state index contributed by atoms with van der Waals surface area (Å²) < 4.78 is 13.6. The van der Waals surface area contributed by atoms with E-state index in [0.29, 0.717) is 0 Å². The average molecular weight is 330 g/mol. The zero-order valence-electron chi connectivity index (χ0n) is 10.9. The van der Waals surface area contributed by atoms with Crippen LogP contribution in [0.1, 0.15) is 33.1 Å². The number of rotatable bonds is 2. The third-order valence-electron chi connectivity index (χ3n) is 3.69. The van der Waals surface area contributed by atoms with E-state index >= 15 is 0 Å². The molecule has 0 amide bonds. The van der Waals surface area contributed by atoms with Crippen LogP contribution in [0.25, 0.3) is 0 Å². The number of hydrogen-bond donors (Lipinski definition) is 1. The van der Waals surface area contributed by atoms with E-state index in [1.807, 2.05) is 24.3 Å². The van der Waals surface area contributed by atoms with Crippen molar-refractivity contribution in [2.45, 2.75) is 49.3 Å². The van der Waals surface area contributed by atoms with E-state index in [1.165, 1.54) is 0 Å². The fourth-order valence-corrected chi connectivity index (χ4v) is 4.96. The molecule has 0 bridgehead atoms. The van der Waals surface area contributed by atoms with Crippen molar-refractivity contribution in [2.75, 3.05) is 0 Å². The Hall–Kier alpha value is -0.190. The van der Waals surface area contributed by atoms with Crippen LogP contribution >= 0.6 is 15.9 Å². The van der Waals surface area contributed by atoms with Crippen molar-refractivity contribution < 1.29 is 4.21 Å². The van der Waals surface area contributed by atoms with Crippen LogP contribution in [0, 0.1) is 5.41 Å². The Bertz CT molecular complexity index is 461. The summed E-state index contributed by atoms with van der Waals surface area (Å²) >= 11 is 3.43. The van der Waals surface area contributed by atoms with Gasteiger partial charge in [-0.05, 0) is 42.9 Å². The van der Waals surface area contributed by atoms with Gasteiger partial charge in [0.15, 0.2) is 0 Å². The normalized spacial score (nSPS) is 28.9. The summed E-state index contributed by atoms with van der Waals surface area (Å²) in [7, 11) is -1.01. The lowest BCUT2D eigenvalue weighted by Gasteiger charge is -2.38. The van der Waals surface area contributed by atoms with Gasteiger partial charge < -0.3 is 5.73 Å². The molecule has 2 N–H and O–H groups in total. The lowest BCUT2D eigenvalue weighted by molar-refractivity contribution is 0.230. The van der Waals surface area contributed by atoms with E-state index < -0.39 is 10.8 Å². The third kappa shape index (κ3) is 3.22. The van der Waals surface area contributed by atoms with E-state index in [2.05, 4.69) is 29.8 Å². The smallest absolute Gasteiger partial charge is 0.0577 e. The molecular weight excluding hydrogens is 310 g/mol. The van der Waals surface area contributed by atoms with Gasteiger partial charge in [0.1, 0.15) is 0 Å². The minimum atomic E-state index is -1.01. The first-order valence-corrected chi connectivity index (χ1v) is 8.31. The highest BCUT2D eigenvalue weighted by Crippen LogP contribution is 2.38. The Labute approximate surface area is 120 Å². The molecule has 0 saturated heterocycles. The summed E-state index contributed by atoms with van der Waals surface area (Å²) in [5, 5.41) is 0.0723. The molecule has 1 fully saturated rings.